The lowest BCUT2D eigenvalue weighted by molar-refractivity contribution is 0.610. The van der Waals surface area contributed by atoms with E-state index in [1.807, 2.05) is 0 Å². The van der Waals surface area contributed by atoms with Gasteiger partial charge in [0.05, 0.1) is 0 Å². The van der Waals surface area contributed by atoms with Crippen molar-refractivity contribution in [3.63, 3.8) is 0 Å². The summed E-state index contributed by atoms with van der Waals surface area (Å²) in [5.74, 6) is 0.611. The number of rotatable bonds is 4. The fourth-order valence-electron chi connectivity index (χ4n) is 1.50. The van der Waals surface area contributed by atoms with E-state index >= 15 is 0 Å². The van der Waals surface area contributed by atoms with E-state index in [-0.39, 0.29) is 0 Å². The Labute approximate surface area is 81.2 Å². The molecule has 0 bridgehead atoms. The highest BCUT2D eigenvalue weighted by Crippen LogP contribution is 2.19. The molecule has 72 valence electrons. The molecule has 0 amide bonds. The van der Waals surface area contributed by atoms with Crippen LogP contribution in [0.1, 0.15) is 50.4 Å². The smallest absolute Gasteiger partial charge is 0.0434 e. The maximum absolute atomic E-state index is 4.53. The Morgan fingerprint density at radius 2 is 2.15 bits per heavy atom. The Morgan fingerprint density at radius 1 is 1.38 bits per heavy atom. The molecule has 0 saturated heterocycles. The third-order valence-electron chi connectivity index (χ3n) is 2.41. The van der Waals surface area contributed by atoms with E-state index in [1.165, 1.54) is 25.0 Å². The normalized spacial score (nSPS) is 12.8. The number of unbranched alkanes of at least 4 members (excludes halogenated alkanes) is 1. The van der Waals surface area contributed by atoms with Gasteiger partial charge in [-0.3, -0.25) is 4.98 Å². The average molecular weight is 177 g/mol. The molecule has 0 aliphatic heterocycles. The van der Waals surface area contributed by atoms with Gasteiger partial charge in [0, 0.05) is 11.4 Å². The first-order chi connectivity index (χ1) is 6.24. The van der Waals surface area contributed by atoms with E-state index in [0.29, 0.717) is 5.92 Å². The second kappa shape index (κ2) is 5.00. The lowest BCUT2D eigenvalue weighted by Gasteiger charge is -2.10. The van der Waals surface area contributed by atoms with E-state index in [4.69, 9.17) is 0 Å². The number of pyridine rings is 1. The quantitative estimate of drug-likeness (QED) is 0.683. The molecule has 1 nitrogen and oxygen atoms in total. The van der Waals surface area contributed by atoms with Gasteiger partial charge in [-0.2, -0.15) is 0 Å². The van der Waals surface area contributed by atoms with Crippen molar-refractivity contribution in [2.45, 2.75) is 46.0 Å². The molecular weight excluding hydrogens is 158 g/mol. The van der Waals surface area contributed by atoms with Crippen molar-refractivity contribution < 1.29 is 0 Å². The molecule has 1 aromatic heterocycles. The summed E-state index contributed by atoms with van der Waals surface area (Å²) in [6, 6.07) is 6.28. The van der Waals surface area contributed by atoms with Crippen molar-refractivity contribution in [3.05, 3.63) is 29.6 Å². The zero-order chi connectivity index (χ0) is 9.68. The first-order valence-corrected chi connectivity index (χ1v) is 5.17. The summed E-state index contributed by atoms with van der Waals surface area (Å²) in [6.45, 7) is 6.55. The van der Waals surface area contributed by atoms with E-state index in [1.54, 1.807) is 0 Å². The lowest BCUT2D eigenvalue weighted by Crippen LogP contribution is -1.97. The molecule has 1 unspecified atom stereocenters. The number of hydrogen-bond acceptors (Lipinski definition) is 1. The van der Waals surface area contributed by atoms with Gasteiger partial charge >= 0.3 is 0 Å². The van der Waals surface area contributed by atoms with Crippen molar-refractivity contribution in [2.75, 3.05) is 0 Å². The minimum Gasteiger partial charge on any atom is -0.258 e. The molecule has 1 heterocycles. The number of aromatic nitrogens is 1. The van der Waals surface area contributed by atoms with Gasteiger partial charge in [0.15, 0.2) is 0 Å². The molecule has 1 aromatic rings. The highest BCUT2D eigenvalue weighted by molar-refractivity contribution is 5.13. The van der Waals surface area contributed by atoms with Gasteiger partial charge in [0.2, 0.25) is 0 Å². The Kier molecular flexibility index (Phi) is 3.94. The second-order valence-corrected chi connectivity index (χ2v) is 3.75. The molecule has 0 aliphatic rings. The van der Waals surface area contributed by atoms with Crippen LogP contribution in [0.25, 0.3) is 0 Å². The predicted octanol–water partition coefficient (Wildman–Crippen LogP) is 3.68. The average Bonchev–Trinajstić information content (AvgIpc) is 2.14. The molecule has 0 N–H and O–H groups in total. The predicted molar refractivity (Wildman–Crippen MR) is 56.9 cm³/mol. The topological polar surface area (TPSA) is 12.9 Å². The van der Waals surface area contributed by atoms with Crippen LogP contribution in [0.3, 0.4) is 0 Å². The molecule has 1 heteroatoms. The van der Waals surface area contributed by atoms with Crippen LogP contribution in [0.5, 0.6) is 0 Å². The molecule has 0 aromatic carbocycles. The Bertz CT molecular complexity index is 255. The fourth-order valence-corrected chi connectivity index (χ4v) is 1.50. The van der Waals surface area contributed by atoms with E-state index < -0.39 is 0 Å². The maximum atomic E-state index is 4.53. The Morgan fingerprint density at radius 3 is 2.77 bits per heavy atom. The summed E-state index contributed by atoms with van der Waals surface area (Å²) < 4.78 is 0. The fraction of sp³-hybridized carbons (Fsp3) is 0.583. The largest absolute Gasteiger partial charge is 0.258 e. The van der Waals surface area contributed by atoms with Gasteiger partial charge in [0.25, 0.3) is 0 Å². The third kappa shape index (κ3) is 3.17. The van der Waals surface area contributed by atoms with Crippen LogP contribution in [0, 0.1) is 6.92 Å². The van der Waals surface area contributed by atoms with Crippen molar-refractivity contribution in [1.29, 1.82) is 0 Å². The molecule has 0 radical (unpaired) electrons. The summed E-state index contributed by atoms with van der Waals surface area (Å²) in [4.78, 5) is 4.53. The summed E-state index contributed by atoms with van der Waals surface area (Å²) in [7, 11) is 0. The SMILES string of the molecule is CCCCC(C)c1cccc(C)n1. The molecule has 0 aliphatic carbocycles. The Balaban J connectivity index is 2.60. The Hall–Kier alpha value is -0.850. The van der Waals surface area contributed by atoms with E-state index in [9.17, 15) is 0 Å². The summed E-state index contributed by atoms with van der Waals surface area (Å²) >= 11 is 0. The molecule has 0 spiro atoms. The van der Waals surface area contributed by atoms with Crippen LogP contribution in [-0.4, -0.2) is 4.98 Å². The van der Waals surface area contributed by atoms with Gasteiger partial charge in [-0.05, 0) is 31.4 Å². The van der Waals surface area contributed by atoms with E-state index in [0.717, 1.165) is 5.69 Å². The van der Waals surface area contributed by atoms with Crippen LogP contribution < -0.4 is 0 Å². The van der Waals surface area contributed by atoms with Gasteiger partial charge in [-0.15, -0.1) is 0 Å². The molecule has 1 rings (SSSR count). The summed E-state index contributed by atoms with van der Waals surface area (Å²) in [5.41, 5.74) is 2.37. The van der Waals surface area contributed by atoms with Crippen LogP contribution in [0.4, 0.5) is 0 Å². The minimum atomic E-state index is 0.611. The summed E-state index contributed by atoms with van der Waals surface area (Å²) in [5, 5.41) is 0. The van der Waals surface area contributed by atoms with Crippen molar-refractivity contribution in [1.82, 2.24) is 4.98 Å². The van der Waals surface area contributed by atoms with Crippen molar-refractivity contribution in [2.24, 2.45) is 0 Å². The van der Waals surface area contributed by atoms with Crippen LogP contribution in [0.15, 0.2) is 18.2 Å². The number of aryl methyl sites for hydroxylation is 1. The molecular formula is C12H19N. The van der Waals surface area contributed by atoms with Gasteiger partial charge in [0.1, 0.15) is 0 Å². The minimum absolute atomic E-state index is 0.611. The second-order valence-electron chi connectivity index (χ2n) is 3.75. The zero-order valence-electron chi connectivity index (χ0n) is 8.88. The maximum Gasteiger partial charge on any atom is 0.0434 e. The zero-order valence-corrected chi connectivity index (χ0v) is 8.88. The standard InChI is InChI=1S/C12H19N/c1-4-5-7-10(2)12-9-6-8-11(3)13-12/h6,8-10H,4-5,7H2,1-3H3. The van der Waals surface area contributed by atoms with Crippen molar-refractivity contribution in [3.8, 4) is 0 Å². The number of hydrogen-bond donors (Lipinski definition) is 0. The number of nitrogens with zero attached hydrogens (tertiary/aromatic N) is 1. The molecule has 0 saturated carbocycles. The van der Waals surface area contributed by atoms with Gasteiger partial charge < -0.3 is 0 Å². The van der Waals surface area contributed by atoms with Gasteiger partial charge in [-0.25, -0.2) is 0 Å². The third-order valence-corrected chi connectivity index (χ3v) is 2.41. The highest BCUT2D eigenvalue weighted by Gasteiger charge is 2.05. The lowest BCUT2D eigenvalue weighted by atomic mass is 10.00. The first kappa shape index (κ1) is 10.2. The van der Waals surface area contributed by atoms with Crippen molar-refractivity contribution >= 4 is 0 Å². The van der Waals surface area contributed by atoms with E-state index in [2.05, 4.69) is 44.0 Å². The summed E-state index contributed by atoms with van der Waals surface area (Å²) in [6.07, 6.45) is 3.83. The molecule has 13 heavy (non-hydrogen) atoms. The van der Waals surface area contributed by atoms with Crippen LogP contribution in [-0.2, 0) is 0 Å². The van der Waals surface area contributed by atoms with Crippen LogP contribution >= 0.6 is 0 Å². The molecule has 1 atom stereocenters. The van der Waals surface area contributed by atoms with Crippen LogP contribution in [0.2, 0.25) is 0 Å². The first-order valence-electron chi connectivity index (χ1n) is 5.17. The monoisotopic (exact) mass is 177 g/mol. The molecule has 0 fully saturated rings. The van der Waals surface area contributed by atoms with Gasteiger partial charge in [-0.1, -0.05) is 32.8 Å². The highest BCUT2D eigenvalue weighted by atomic mass is 14.7.